The van der Waals surface area contributed by atoms with E-state index in [4.69, 9.17) is 4.74 Å². The minimum absolute atomic E-state index is 0.303. The molecule has 3 nitrogen and oxygen atoms in total. The van der Waals surface area contributed by atoms with Crippen molar-refractivity contribution < 1.29 is 8.95 Å². The Kier molecular flexibility index (Phi) is 3.59. The zero-order valence-corrected chi connectivity index (χ0v) is 13.0. The van der Waals surface area contributed by atoms with Gasteiger partial charge in [-0.15, -0.1) is 0 Å². The molecular weight excluding hydrogens is 282 g/mol. The van der Waals surface area contributed by atoms with E-state index in [-0.39, 0.29) is 0 Å². The molecule has 21 heavy (non-hydrogen) atoms. The molecule has 4 heteroatoms. The van der Waals surface area contributed by atoms with Crippen LogP contribution in [0.1, 0.15) is 24.8 Å². The van der Waals surface area contributed by atoms with Gasteiger partial charge < -0.3 is 9.64 Å². The van der Waals surface area contributed by atoms with Crippen molar-refractivity contribution in [2.24, 2.45) is 0 Å². The number of morpholine rings is 1. The first-order chi connectivity index (χ1) is 10.3. The van der Waals surface area contributed by atoms with E-state index in [0.29, 0.717) is 10.5 Å². The molecule has 112 valence electrons. The van der Waals surface area contributed by atoms with Crippen LogP contribution in [-0.4, -0.2) is 41.0 Å². The molecule has 3 atom stereocenters. The van der Waals surface area contributed by atoms with Gasteiger partial charge in [-0.25, -0.2) is 0 Å². The van der Waals surface area contributed by atoms with Crippen LogP contribution in [0.25, 0.3) is 5.57 Å². The minimum Gasteiger partial charge on any atom is -0.378 e. The van der Waals surface area contributed by atoms with Gasteiger partial charge in [0.25, 0.3) is 0 Å². The van der Waals surface area contributed by atoms with Crippen LogP contribution in [0.15, 0.2) is 30.3 Å². The second-order valence-corrected chi connectivity index (χ2v) is 8.04. The van der Waals surface area contributed by atoms with E-state index in [1.165, 1.54) is 16.8 Å². The summed E-state index contributed by atoms with van der Waals surface area (Å²) in [4.78, 5) is 2.38. The fraction of sp³-hybridized carbons (Fsp3) is 0.529. The number of allylic oxidation sites excluding steroid dienone is 1. The summed E-state index contributed by atoms with van der Waals surface area (Å²) in [5.41, 5.74) is 3.99. The van der Waals surface area contributed by atoms with E-state index in [1.807, 2.05) is 0 Å². The van der Waals surface area contributed by atoms with Crippen molar-refractivity contribution in [2.45, 2.75) is 29.8 Å². The molecule has 2 saturated heterocycles. The molecule has 0 radical (unpaired) electrons. The lowest BCUT2D eigenvalue weighted by Crippen LogP contribution is -2.36. The summed E-state index contributed by atoms with van der Waals surface area (Å²) in [6.07, 6.45) is 5.49. The van der Waals surface area contributed by atoms with Crippen LogP contribution < -0.4 is 4.90 Å². The Morgan fingerprint density at radius 1 is 1.10 bits per heavy atom. The van der Waals surface area contributed by atoms with Gasteiger partial charge in [0.15, 0.2) is 0 Å². The molecule has 3 heterocycles. The topological polar surface area (TPSA) is 29.5 Å². The predicted octanol–water partition coefficient (Wildman–Crippen LogP) is 2.59. The molecular formula is C17H21NO2S. The number of hydrogen-bond donors (Lipinski definition) is 0. The van der Waals surface area contributed by atoms with Gasteiger partial charge in [0.2, 0.25) is 0 Å². The molecule has 3 aliphatic heterocycles. The minimum atomic E-state index is -0.620. The molecule has 3 unspecified atom stereocenters. The maximum absolute atomic E-state index is 12.1. The number of hydrogen-bond acceptors (Lipinski definition) is 3. The number of ether oxygens (including phenoxy) is 1. The number of anilines is 1. The van der Waals surface area contributed by atoms with Crippen molar-refractivity contribution in [1.29, 1.82) is 0 Å². The lowest BCUT2D eigenvalue weighted by molar-refractivity contribution is 0.122. The summed E-state index contributed by atoms with van der Waals surface area (Å²) in [6, 6.07) is 8.89. The summed E-state index contributed by atoms with van der Waals surface area (Å²) in [5, 5.41) is 0.701. The van der Waals surface area contributed by atoms with Gasteiger partial charge in [-0.2, -0.15) is 0 Å². The van der Waals surface area contributed by atoms with Crippen LogP contribution in [0.5, 0.6) is 0 Å². The Morgan fingerprint density at radius 2 is 1.86 bits per heavy atom. The van der Waals surface area contributed by atoms with Gasteiger partial charge in [0.1, 0.15) is 0 Å². The molecule has 3 aliphatic rings. The molecule has 1 aromatic carbocycles. The predicted molar refractivity (Wildman–Crippen MR) is 87.0 cm³/mol. The molecule has 0 N–H and O–H groups in total. The van der Waals surface area contributed by atoms with E-state index in [9.17, 15) is 4.21 Å². The highest BCUT2D eigenvalue weighted by Gasteiger charge is 2.36. The Bertz CT molecular complexity index is 575. The molecule has 2 bridgehead atoms. The van der Waals surface area contributed by atoms with Crippen LogP contribution in [0.2, 0.25) is 0 Å². The first-order valence-corrected chi connectivity index (χ1v) is 9.12. The standard InChI is InChI=1S/C17H21NO2S/c19-21-16-5-6-17(21)12-14(11-16)13-1-3-15(4-2-13)18-7-9-20-10-8-18/h1-4,11,16-17H,5-10,12H2. The Hall–Kier alpha value is -1.13. The van der Waals surface area contributed by atoms with Gasteiger partial charge >= 0.3 is 0 Å². The highest BCUT2D eigenvalue weighted by Crippen LogP contribution is 2.38. The van der Waals surface area contributed by atoms with Crippen molar-refractivity contribution in [3.8, 4) is 0 Å². The van der Waals surface area contributed by atoms with E-state index in [2.05, 4.69) is 35.2 Å². The van der Waals surface area contributed by atoms with Crippen molar-refractivity contribution in [2.75, 3.05) is 31.2 Å². The molecule has 1 aromatic rings. The number of benzene rings is 1. The molecule has 0 saturated carbocycles. The average molecular weight is 303 g/mol. The van der Waals surface area contributed by atoms with Crippen LogP contribution >= 0.6 is 0 Å². The third kappa shape index (κ3) is 2.55. The second kappa shape index (κ2) is 5.58. The number of nitrogens with zero attached hydrogens (tertiary/aromatic N) is 1. The summed E-state index contributed by atoms with van der Waals surface area (Å²) in [5.74, 6) is 0. The Balaban J connectivity index is 1.54. The quantitative estimate of drug-likeness (QED) is 0.841. The lowest BCUT2D eigenvalue weighted by atomic mass is 10.0. The highest BCUT2D eigenvalue weighted by atomic mass is 32.2. The molecule has 0 spiro atoms. The summed E-state index contributed by atoms with van der Waals surface area (Å²) >= 11 is 0. The normalized spacial score (nSPS) is 32.1. The van der Waals surface area contributed by atoms with Gasteiger partial charge in [0.05, 0.1) is 18.5 Å². The zero-order valence-electron chi connectivity index (χ0n) is 12.2. The van der Waals surface area contributed by atoms with Gasteiger partial charge in [-0.3, -0.25) is 4.21 Å². The SMILES string of the molecule is O=S1C2C=C(c3ccc(N4CCOCC4)cc3)CC1CC2. The molecule has 4 rings (SSSR count). The first kappa shape index (κ1) is 13.5. The first-order valence-electron chi connectivity index (χ1n) is 7.84. The van der Waals surface area contributed by atoms with E-state index in [1.54, 1.807) is 0 Å². The maximum atomic E-state index is 12.1. The fourth-order valence-corrected chi connectivity index (χ4v) is 5.50. The second-order valence-electron chi connectivity index (χ2n) is 6.11. The Labute approximate surface area is 128 Å². The van der Waals surface area contributed by atoms with Crippen molar-refractivity contribution >= 4 is 22.1 Å². The van der Waals surface area contributed by atoms with Crippen LogP contribution in [0.3, 0.4) is 0 Å². The van der Waals surface area contributed by atoms with Gasteiger partial charge in [0, 0.05) is 34.8 Å². The van der Waals surface area contributed by atoms with Gasteiger partial charge in [-0.1, -0.05) is 18.2 Å². The van der Waals surface area contributed by atoms with Crippen molar-refractivity contribution in [3.05, 3.63) is 35.9 Å². The zero-order chi connectivity index (χ0) is 14.2. The third-order valence-corrected chi connectivity index (χ3v) is 6.88. The summed E-state index contributed by atoms with van der Waals surface area (Å²) < 4.78 is 17.5. The Morgan fingerprint density at radius 3 is 2.57 bits per heavy atom. The maximum Gasteiger partial charge on any atom is 0.0642 e. The molecule has 0 amide bonds. The lowest BCUT2D eigenvalue weighted by Gasteiger charge is -2.29. The van der Waals surface area contributed by atoms with E-state index >= 15 is 0 Å². The van der Waals surface area contributed by atoms with Crippen molar-refractivity contribution in [3.63, 3.8) is 0 Å². The largest absolute Gasteiger partial charge is 0.378 e. The molecule has 2 fully saturated rings. The van der Waals surface area contributed by atoms with Gasteiger partial charge in [-0.05, 0) is 42.5 Å². The number of fused-ring (bicyclic) bond motifs is 2. The van der Waals surface area contributed by atoms with E-state index < -0.39 is 10.8 Å². The summed E-state index contributed by atoms with van der Waals surface area (Å²) in [7, 11) is -0.620. The smallest absolute Gasteiger partial charge is 0.0642 e. The molecule has 0 aliphatic carbocycles. The van der Waals surface area contributed by atoms with E-state index in [0.717, 1.165) is 45.6 Å². The third-order valence-electron chi connectivity index (χ3n) is 4.85. The number of rotatable bonds is 2. The van der Waals surface area contributed by atoms with Crippen molar-refractivity contribution in [1.82, 2.24) is 0 Å². The monoisotopic (exact) mass is 303 g/mol. The van der Waals surface area contributed by atoms with Crippen LogP contribution in [0, 0.1) is 0 Å². The average Bonchev–Trinajstić information content (AvgIpc) is 2.77. The molecule has 0 aromatic heterocycles. The fourth-order valence-electron chi connectivity index (χ4n) is 3.62. The van der Waals surface area contributed by atoms with Crippen LogP contribution in [0.4, 0.5) is 5.69 Å². The van der Waals surface area contributed by atoms with Crippen LogP contribution in [-0.2, 0) is 15.5 Å². The highest BCUT2D eigenvalue weighted by molar-refractivity contribution is 7.86. The summed E-state index contributed by atoms with van der Waals surface area (Å²) in [6.45, 7) is 3.60.